The van der Waals surface area contributed by atoms with Gasteiger partial charge in [0.25, 0.3) is 5.91 Å². The predicted molar refractivity (Wildman–Crippen MR) is 98.7 cm³/mol. The highest BCUT2D eigenvalue weighted by molar-refractivity contribution is 6.35. The Hall–Kier alpha value is -1.71. The van der Waals surface area contributed by atoms with Gasteiger partial charge in [-0.1, -0.05) is 67.4 Å². The summed E-state index contributed by atoms with van der Waals surface area (Å²) in [7, 11) is 0. The van der Waals surface area contributed by atoms with E-state index in [2.05, 4.69) is 19.2 Å². The summed E-state index contributed by atoms with van der Waals surface area (Å²) in [4.78, 5) is 12.3. The Kier molecular flexibility index (Phi) is 6.95. The third-order valence-corrected chi connectivity index (χ3v) is 4.03. The summed E-state index contributed by atoms with van der Waals surface area (Å²) < 4.78 is 5.49. The minimum Gasteiger partial charge on any atom is -0.482 e. The maximum atomic E-state index is 12.3. The Morgan fingerprint density at radius 2 is 1.83 bits per heavy atom. The molecule has 0 unspecified atom stereocenters. The van der Waals surface area contributed by atoms with Crippen LogP contribution in [0.25, 0.3) is 0 Å². The first-order valence-corrected chi connectivity index (χ1v) is 8.63. The molecular formula is C19H21Cl2NO2. The lowest BCUT2D eigenvalue weighted by molar-refractivity contribution is -0.124. The first kappa shape index (κ1) is 18.6. The fourth-order valence-corrected chi connectivity index (χ4v) is 2.87. The maximum Gasteiger partial charge on any atom is 0.258 e. The molecular weight excluding hydrogens is 345 g/mol. The largest absolute Gasteiger partial charge is 0.482 e. The van der Waals surface area contributed by atoms with Crippen molar-refractivity contribution in [3.05, 3.63) is 64.1 Å². The first-order chi connectivity index (χ1) is 11.5. The molecule has 0 heterocycles. The Labute approximate surface area is 152 Å². The number of ether oxygens (including phenoxy) is 1. The van der Waals surface area contributed by atoms with Crippen LogP contribution in [-0.4, -0.2) is 12.5 Å². The molecule has 2 aromatic rings. The lowest BCUT2D eigenvalue weighted by Crippen LogP contribution is -2.33. The summed E-state index contributed by atoms with van der Waals surface area (Å²) in [5.74, 6) is 0.717. The standard InChI is InChI=1S/C19H21Cl2NO2/c1-13(2)10-17(14-6-4-3-5-7-14)22-19(23)12-24-18-9-8-15(20)11-16(18)21/h3-9,11,13,17H,10,12H2,1-2H3,(H,22,23)/t17-/m1/s1. The molecule has 1 atom stereocenters. The normalized spacial score (nSPS) is 12.0. The molecule has 128 valence electrons. The number of carbonyl (C=O) groups is 1. The summed E-state index contributed by atoms with van der Waals surface area (Å²) in [6.45, 7) is 4.17. The lowest BCUT2D eigenvalue weighted by Gasteiger charge is -2.21. The van der Waals surface area contributed by atoms with E-state index in [1.807, 2.05) is 30.3 Å². The van der Waals surface area contributed by atoms with Crippen LogP contribution in [0.2, 0.25) is 10.0 Å². The highest BCUT2D eigenvalue weighted by Crippen LogP contribution is 2.27. The summed E-state index contributed by atoms with van der Waals surface area (Å²) >= 11 is 11.9. The Bertz CT molecular complexity index is 674. The molecule has 0 aromatic heterocycles. The molecule has 1 N–H and O–H groups in total. The van der Waals surface area contributed by atoms with Gasteiger partial charge in [-0.2, -0.15) is 0 Å². The number of amides is 1. The van der Waals surface area contributed by atoms with Gasteiger partial charge in [0.15, 0.2) is 6.61 Å². The van der Waals surface area contributed by atoms with Crippen molar-refractivity contribution >= 4 is 29.1 Å². The molecule has 5 heteroatoms. The molecule has 0 aliphatic heterocycles. The fourth-order valence-electron chi connectivity index (χ4n) is 2.41. The van der Waals surface area contributed by atoms with Gasteiger partial charge in [0.05, 0.1) is 11.1 Å². The van der Waals surface area contributed by atoms with E-state index in [4.69, 9.17) is 27.9 Å². The minimum atomic E-state index is -0.185. The number of halogens is 2. The average Bonchev–Trinajstić information content (AvgIpc) is 2.54. The van der Waals surface area contributed by atoms with Crippen LogP contribution in [0, 0.1) is 5.92 Å². The molecule has 2 aromatic carbocycles. The number of benzene rings is 2. The zero-order valence-corrected chi connectivity index (χ0v) is 15.3. The van der Waals surface area contributed by atoms with Crippen molar-refractivity contribution in [2.75, 3.05) is 6.61 Å². The molecule has 0 saturated heterocycles. The Balaban J connectivity index is 1.97. The highest BCUT2D eigenvalue weighted by Gasteiger charge is 2.16. The van der Waals surface area contributed by atoms with Gasteiger partial charge in [-0.25, -0.2) is 0 Å². The molecule has 0 saturated carbocycles. The molecule has 0 aliphatic carbocycles. The number of nitrogens with one attached hydrogen (secondary N) is 1. The SMILES string of the molecule is CC(C)C[C@@H](NC(=O)COc1ccc(Cl)cc1Cl)c1ccccc1. The van der Waals surface area contributed by atoms with Crippen LogP contribution in [0.4, 0.5) is 0 Å². The monoisotopic (exact) mass is 365 g/mol. The van der Waals surface area contributed by atoms with Gasteiger partial charge in [-0.05, 0) is 36.1 Å². The van der Waals surface area contributed by atoms with E-state index >= 15 is 0 Å². The van der Waals surface area contributed by atoms with Gasteiger partial charge >= 0.3 is 0 Å². The van der Waals surface area contributed by atoms with Gasteiger partial charge in [0.1, 0.15) is 5.75 Å². The van der Waals surface area contributed by atoms with Crippen LogP contribution < -0.4 is 10.1 Å². The van der Waals surface area contributed by atoms with Crippen LogP contribution in [0.3, 0.4) is 0 Å². The van der Waals surface area contributed by atoms with Gasteiger partial charge in [0, 0.05) is 5.02 Å². The molecule has 2 rings (SSSR count). The minimum absolute atomic E-state index is 0.0389. The third kappa shape index (κ3) is 5.73. The first-order valence-electron chi connectivity index (χ1n) is 7.88. The lowest BCUT2D eigenvalue weighted by atomic mass is 9.97. The van der Waals surface area contributed by atoms with Crippen molar-refractivity contribution in [2.45, 2.75) is 26.3 Å². The molecule has 0 aliphatic rings. The molecule has 0 spiro atoms. The van der Waals surface area contributed by atoms with E-state index in [-0.39, 0.29) is 18.6 Å². The molecule has 0 radical (unpaired) electrons. The van der Waals surface area contributed by atoms with Crippen molar-refractivity contribution in [1.29, 1.82) is 0 Å². The molecule has 24 heavy (non-hydrogen) atoms. The number of hydrogen-bond acceptors (Lipinski definition) is 2. The van der Waals surface area contributed by atoms with E-state index in [0.29, 0.717) is 21.7 Å². The Morgan fingerprint density at radius 1 is 1.12 bits per heavy atom. The zero-order chi connectivity index (χ0) is 17.5. The Morgan fingerprint density at radius 3 is 2.46 bits per heavy atom. The smallest absolute Gasteiger partial charge is 0.258 e. The van der Waals surface area contributed by atoms with Crippen molar-refractivity contribution in [3.63, 3.8) is 0 Å². The summed E-state index contributed by atoms with van der Waals surface area (Å²) in [6.07, 6.45) is 0.859. The number of hydrogen-bond donors (Lipinski definition) is 1. The van der Waals surface area contributed by atoms with Gasteiger partial charge < -0.3 is 10.1 Å². The zero-order valence-electron chi connectivity index (χ0n) is 13.8. The maximum absolute atomic E-state index is 12.3. The van der Waals surface area contributed by atoms with E-state index < -0.39 is 0 Å². The van der Waals surface area contributed by atoms with Crippen molar-refractivity contribution in [3.8, 4) is 5.75 Å². The average molecular weight is 366 g/mol. The van der Waals surface area contributed by atoms with E-state index in [0.717, 1.165) is 12.0 Å². The molecule has 3 nitrogen and oxygen atoms in total. The van der Waals surface area contributed by atoms with Crippen LogP contribution in [0.1, 0.15) is 31.9 Å². The summed E-state index contributed by atoms with van der Waals surface area (Å²) in [5.41, 5.74) is 1.09. The molecule has 0 fully saturated rings. The fraction of sp³-hybridized carbons (Fsp3) is 0.316. The third-order valence-electron chi connectivity index (χ3n) is 3.50. The van der Waals surface area contributed by atoms with E-state index in [1.165, 1.54) is 0 Å². The van der Waals surface area contributed by atoms with Crippen LogP contribution in [0.5, 0.6) is 5.75 Å². The van der Waals surface area contributed by atoms with Gasteiger partial charge in [0.2, 0.25) is 0 Å². The molecule has 0 bridgehead atoms. The topological polar surface area (TPSA) is 38.3 Å². The van der Waals surface area contributed by atoms with E-state index in [9.17, 15) is 4.79 Å². The highest BCUT2D eigenvalue weighted by atomic mass is 35.5. The summed E-state index contributed by atoms with van der Waals surface area (Å²) in [6, 6.07) is 14.8. The quantitative estimate of drug-likeness (QED) is 0.724. The van der Waals surface area contributed by atoms with Gasteiger partial charge in [-0.15, -0.1) is 0 Å². The number of carbonyl (C=O) groups excluding carboxylic acids is 1. The second kappa shape index (κ2) is 8.95. The predicted octanol–water partition coefficient (Wildman–Crippen LogP) is 5.28. The van der Waals surface area contributed by atoms with Crippen LogP contribution in [0.15, 0.2) is 48.5 Å². The van der Waals surface area contributed by atoms with Crippen molar-refractivity contribution in [2.24, 2.45) is 5.92 Å². The number of rotatable bonds is 7. The summed E-state index contributed by atoms with van der Waals surface area (Å²) in [5, 5.41) is 3.94. The van der Waals surface area contributed by atoms with Crippen molar-refractivity contribution in [1.82, 2.24) is 5.32 Å². The van der Waals surface area contributed by atoms with Crippen LogP contribution >= 0.6 is 23.2 Å². The van der Waals surface area contributed by atoms with Gasteiger partial charge in [-0.3, -0.25) is 4.79 Å². The second-order valence-corrected chi connectivity index (χ2v) is 6.87. The van der Waals surface area contributed by atoms with Crippen molar-refractivity contribution < 1.29 is 9.53 Å². The van der Waals surface area contributed by atoms with E-state index in [1.54, 1.807) is 18.2 Å². The molecule has 1 amide bonds. The second-order valence-electron chi connectivity index (χ2n) is 6.02. The van der Waals surface area contributed by atoms with Crippen LogP contribution in [-0.2, 0) is 4.79 Å².